The molecule has 0 N–H and O–H groups in total. The second-order valence-corrected chi connectivity index (χ2v) is 5.43. The molecule has 0 spiro atoms. The van der Waals surface area contributed by atoms with Crippen LogP contribution in [-0.2, 0) is 16.0 Å². The van der Waals surface area contributed by atoms with E-state index >= 15 is 0 Å². The molecule has 0 bridgehead atoms. The molecule has 1 saturated heterocycles. The first kappa shape index (κ1) is 15.5. The van der Waals surface area contributed by atoms with Gasteiger partial charge in [0.15, 0.2) is 11.5 Å². The fourth-order valence-corrected chi connectivity index (χ4v) is 2.69. The van der Waals surface area contributed by atoms with Gasteiger partial charge < -0.3 is 24.0 Å². The first-order chi connectivity index (χ1) is 11.2. The van der Waals surface area contributed by atoms with Crippen LogP contribution in [0.25, 0.3) is 0 Å². The van der Waals surface area contributed by atoms with Gasteiger partial charge in [0.05, 0.1) is 13.0 Å². The van der Waals surface area contributed by atoms with Crippen molar-refractivity contribution in [3.63, 3.8) is 0 Å². The number of carbonyl (C=O) groups excluding carboxylic acids is 2. The molecule has 1 aromatic carbocycles. The average Bonchev–Trinajstić information content (AvgIpc) is 3.03. The second-order valence-electron chi connectivity index (χ2n) is 5.43. The molecule has 23 heavy (non-hydrogen) atoms. The zero-order chi connectivity index (χ0) is 16.2. The molecule has 7 heteroatoms. The Balaban J connectivity index is 1.53. The van der Waals surface area contributed by atoms with Gasteiger partial charge in [-0.2, -0.15) is 0 Å². The van der Waals surface area contributed by atoms with E-state index in [1.165, 1.54) is 0 Å². The summed E-state index contributed by atoms with van der Waals surface area (Å²) in [5.74, 6) is 1.44. The minimum absolute atomic E-state index is 0.0485. The van der Waals surface area contributed by atoms with Gasteiger partial charge in [-0.05, 0) is 24.6 Å². The van der Waals surface area contributed by atoms with Crippen molar-refractivity contribution in [2.24, 2.45) is 0 Å². The van der Waals surface area contributed by atoms with Gasteiger partial charge in [0.2, 0.25) is 12.7 Å². The third kappa shape index (κ3) is 3.49. The summed E-state index contributed by atoms with van der Waals surface area (Å²) in [4.78, 5) is 27.4. The first-order valence-electron chi connectivity index (χ1n) is 7.75. The normalized spacial score (nSPS) is 16.4. The zero-order valence-corrected chi connectivity index (χ0v) is 13.1. The highest BCUT2D eigenvalue weighted by molar-refractivity contribution is 5.79. The van der Waals surface area contributed by atoms with E-state index in [4.69, 9.17) is 14.2 Å². The van der Waals surface area contributed by atoms with Crippen LogP contribution in [0.1, 0.15) is 12.5 Å². The summed E-state index contributed by atoms with van der Waals surface area (Å²) >= 11 is 0. The van der Waals surface area contributed by atoms with Crippen LogP contribution in [0.5, 0.6) is 11.5 Å². The largest absolute Gasteiger partial charge is 0.454 e. The van der Waals surface area contributed by atoms with Gasteiger partial charge in [0.25, 0.3) is 0 Å². The minimum Gasteiger partial charge on any atom is -0.454 e. The van der Waals surface area contributed by atoms with Crippen molar-refractivity contribution in [1.82, 2.24) is 9.80 Å². The molecule has 0 aromatic heterocycles. The van der Waals surface area contributed by atoms with E-state index < -0.39 is 0 Å². The highest BCUT2D eigenvalue weighted by Gasteiger charge is 2.25. The number of nitrogens with zero attached hydrogens (tertiary/aromatic N) is 2. The van der Waals surface area contributed by atoms with Crippen LogP contribution in [-0.4, -0.2) is 61.4 Å². The van der Waals surface area contributed by atoms with Crippen LogP contribution < -0.4 is 9.47 Å². The van der Waals surface area contributed by atoms with Gasteiger partial charge in [-0.15, -0.1) is 0 Å². The van der Waals surface area contributed by atoms with Gasteiger partial charge in [0, 0.05) is 26.2 Å². The number of rotatable bonds is 3. The van der Waals surface area contributed by atoms with E-state index in [2.05, 4.69) is 0 Å². The lowest BCUT2D eigenvalue weighted by Gasteiger charge is -2.34. The number of amides is 2. The quantitative estimate of drug-likeness (QED) is 0.839. The third-order valence-corrected chi connectivity index (χ3v) is 3.95. The zero-order valence-electron chi connectivity index (χ0n) is 13.1. The Kier molecular flexibility index (Phi) is 4.55. The number of hydrogen-bond acceptors (Lipinski definition) is 5. The predicted octanol–water partition coefficient (Wildman–Crippen LogP) is 1.26. The maximum atomic E-state index is 12.4. The molecule has 7 nitrogen and oxygen atoms in total. The molecule has 1 aromatic rings. The van der Waals surface area contributed by atoms with Crippen molar-refractivity contribution in [1.29, 1.82) is 0 Å². The van der Waals surface area contributed by atoms with E-state index in [0.717, 1.165) is 5.56 Å². The molecule has 2 amide bonds. The van der Waals surface area contributed by atoms with E-state index in [-0.39, 0.29) is 18.8 Å². The van der Waals surface area contributed by atoms with E-state index in [9.17, 15) is 9.59 Å². The minimum atomic E-state index is -0.310. The number of hydrogen-bond donors (Lipinski definition) is 0. The Morgan fingerprint density at radius 1 is 1.09 bits per heavy atom. The summed E-state index contributed by atoms with van der Waals surface area (Å²) in [5, 5.41) is 0. The summed E-state index contributed by atoms with van der Waals surface area (Å²) in [6.07, 6.45) is 0.00568. The van der Waals surface area contributed by atoms with Gasteiger partial charge in [0.1, 0.15) is 0 Å². The molecule has 124 valence electrons. The third-order valence-electron chi connectivity index (χ3n) is 3.95. The lowest BCUT2D eigenvalue weighted by atomic mass is 10.1. The first-order valence-corrected chi connectivity index (χ1v) is 7.75. The molecule has 2 aliphatic rings. The molecule has 3 rings (SSSR count). The van der Waals surface area contributed by atoms with Crippen LogP contribution in [0.2, 0.25) is 0 Å². The highest BCUT2D eigenvalue weighted by Crippen LogP contribution is 2.32. The molecule has 0 aliphatic carbocycles. The molecule has 0 radical (unpaired) electrons. The number of piperazine rings is 1. The standard InChI is InChI=1S/C16H20N2O5/c1-2-21-16(20)18-7-5-17(6-8-18)15(19)10-12-3-4-13-14(9-12)23-11-22-13/h3-4,9H,2,5-8,10-11H2,1H3. The van der Waals surface area contributed by atoms with Crippen molar-refractivity contribution in [3.05, 3.63) is 23.8 Å². The summed E-state index contributed by atoms with van der Waals surface area (Å²) < 4.78 is 15.6. The van der Waals surface area contributed by atoms with Crippen molar-refractivity contribution in [2.75, 3.05) is 39.6 Å². The van der Waals surface area contributed by atoms with Crippen LogP contribution in [0.3, 0.4) is 0 Å². The molecule has 0 unspecified atom stereocenters. The summed E-state index contributed by atoms with van der Waals surface area (Å²) in [5.41, 5.74) is 0.895. The Bertz CT molecular complexity index is 596. The Labute approximate surface area is 134 Å². The Morgan fingerprint density at radius 3 is 2.52 bits per heavy atom. The van der Waals surface area contributed by atoms with Crippen LogP contribution >= 0.6 is 0 Å². The fraction of sp³-hybridized carbons (Fsp3) is 0.500. The maximum Gasteiger partial charge on any atom is 0.409 e. The Hall–Kier alpha value is -2.44. The molecular weight excluding hydrogens is 300 g/mol. The number of carbonyl (C=O) groups is 2. The summed E-state index contributed by atoms with van der Waals surface area (Å²) in [6, 6.07) is 5.54. The number of fused-ring (bicyclic) bond motifs is 1. The topological polar surface area (TPSA) is 68.3 Å². The van der Waals surface area contributed by atoms with E-state index in [1.807, 2.05) is 18.2 Å². The smallest absolute Gasteiger partial charge is 0.409 e. The molecule has 2 heterocycles. The number of ether oxygens (including phenoxy) is 3. The molecular formula is C16H20N2O5. The van der Waals surface area contributed by atoms with Gasteiger partial charge in [-0.1, -0.05) is 6.07 Å². The van der Waals surface area contributed by atoms with Gasteiger partial charge in [-0.25, -0.2) is 4.79 Å². The fourth-order valence-electron chi connectivity index (χ4n) is 2.69. The van der Waals surface area contributed by atoms with Crippen molar-refractivity contribution in [3.8, 4) is 11.5 Å². The molecule has 0 saturated carbocycles. The number of benzene rings is 1. The van der Waals surface area contributed by atoms with Gasteiger partial charge in [-0.3, -0.25) is 4.79 Å². The van der Waals surface area contributed by atoms with Crippen molar-refractivity contribution >= 4 is 12.0 Å². The Morgan fingerprint density at radius 2 is 1.78 bits per heavy atom. The maximum absolute atomic E-state index is 12.4. The average molecular weight is 320 g/mol. The molecule has 2 aliphatic heterocycles. The van der Waals surface area contributed by atoms with Crippen LogP contribution in [0.4, 0.5) is 4.79 Å². The predicted molar refractivity (Wildman–Crippen MR) is 81.4 cm³/mol. The SMILES string of the molecule is CCOC(=O)N1CCN(C(=O)Cc2ccc3c(c2)OCO3)CC1. The lowest BCUT2D eigenvalue weighted by molar-refractivity contribution is -0.132. The van der Waals surface area contributed by atoms with E-state index in [1.54, 1.807) is 16.7 Å². The van der Waals surface area contributed by atoms with Gasteiger partial charge >= 0.3 is 6.09 Å². The summed E-state index contributed by atoms with van der Waals surface area (Å²) in [7, 11) is 0. The second kappa shape index (κ2) is 6.76. The highest BCUT2D eigenvalue weighted by atomic mass is 16.7. The lowest BCUT2D eigenvalue weighted by Crippen LogP contribution is -2.51. The van der Waals surface area contributed by atoms with Crippen molar-refractivity contribution in [2.45, 2.75) is 13.3 Å². The van der Waals surface area contributed by atoms with Crippen molar-refractivity contribution < 1.29 is 23.8 Å². The van der Waals surface area contributed by atoms with E-state index in [0.29, 0.717) is 50.7 Å². The summed E-state index contributed by atoms with van der Waals surface area (Å²) in [6.45, 7) is 4.44. The van der Waals surface area contributed by atoms with Crippen LogP contribution in [0, 0.1) is 0 Å². The van der Waals surface area contributed by atoms with Crippen LogP contribution in [0.15, 0.2) is 18.2 Å². The monoisotopic (exact) mass is 320 g/mol. The molecule has 1 fully saturated rings. The molecule has 0 atom stereocenters.